The van der Waals surface area contributed by atoms with Crippen LogP contribution in [0.2, 0.25) is 0 Å². The molecule has 0 unspecified atom stereocenters. The number of nitrogens with zero attached hydrogens (tertiary/aromatic N) is 2. The minimum absolute atomic E-state index is 0.00148. The first kappa shape index (κ1) is 20.1. The predicted molar refractivity (Wildman–Crippen MR) is 108 cm³/mol. The van der Waals surface area contributed by atoms with E-state index in [0.29, 0.717) is 10.7 Å². The Morgan fingerprint density at radius 3 is 1.74 bits per heavy atom. The van der Waals surface area contributed by atoms with Gasteiger partial charge in [-0.25, -0.2) is 0 Å². The molecule has 0 atom stereocenters. The number of nitro benzene ring substituents is 2. The van der Waals surface area contributed by atoms with Crippen molar-refractivity contribution in [2.75, 3.05) is 0 Å². The van der Waals surface area contributed by atoms with Crippen molar-refractivity contribution in [1.82, 2.24) is 0 Å². The Morgan fingerprint density at radius 1 is 0.870 bits per heavy atom. The molecule has 0 radical (unpaired) electrons. The van der Waals surface area contributed by atoms with Gasteiger partial charge in [0.25, 0.3) is 5.69 Å². The fourth-order valence-electron chi connectivity index (χ4n) is 1.34. The van der Waals surface area contributed by atoms with Gasteiger partial charge in [0.2, 0.25) is 0 Å². The van der Waals surface area contributed by atoms with Gasteiger partial charge in [0.15, 0.2) is 5.75 Å². The summed E-state index contributed by atoms with van der Waals surface area (Å²) in [6.07, 6.45) is 0. The first-order chi connectivity index (χ1) is 10.6. The Morgan fingerprint density at radius 2 is 1.39 bits per heavy atom. The number of benzene rings is 2. The molecule has 2 rings (SSSR count). The molecule has 2 N–H and O–H groups in total. The van der Waals surface area contributed by atoms with Crippen LogP contribution in [0.5, 0.6) is 11.5 Å². The van der Waals surface area contributed by atoms with Crippen LogP contribution in [-0.2, 0) is 0 Å². The largest absolute Gasteiger partial charge is 0.506 e. The molecule has 0 spiro atoms. The SMILES string of the molecule is O=[N+]([O-])c1c(O)cccc1I.O=[N+]([O-])c1cc(I)c(O)c(I)c1. The van der Waals surface area contributed by atoms with Crippen molar-refractivity contribution in [2.24, 2.45) is 0 Å². The molecule has 0 saturated heterocycles. The van der Waals surface area contributed by atoms with E-state index in [2.05, 4.69) is 0 Å². The average molecular weight is 656 g/mol. The molecular weight excluding hydrogens is 649 g/mol. The smallest absolute Gasteiger partial charge is 0.323 e. The van der Waals surface area contributed by atoms with Crippen molar-refractivity contribution in [3.8, 4) is 11.5 Å². The molecule has 0 fully saturated rings. The van der Waals surface area contributed by atoms with Crippen LogP contribution in [0.1, 0.15) is 0 Å². The first-order valence-electron chi connectivity index (χ1n) is 5.59. The summed E-state index contributed by atoms with van der Waals surface area (Å²) in [7, 11) is 0. The maximum atomic E-state index is 10.3. The molecule has 0 aliphatic rings. The zero-order chi connectivity index (χ0) is 17.7. The summed E-state index contributed by atoms with van der Waals surface area (Å²) in [4.78, 5) is 19.5. The lowest BCUT2D eigenvalue weighted by Gasteiger charge is -1.99. The number of hydrogen-bond acceptors (Lipinski definition) is 6. The molecule has 0 aromatic heterocycles. The zero-order valence-corrected chi connectivity index (χ0v) is 17.4. The van der Waals surface area contributed by atoms with Gasteiger partial charge in [0.1, 0.15) is 5.75 Å². The van der Waals surface area contributed by atoms with E-state index in [-0.39, 0.29) is 22.9 Å². The van der Waals surface area contributed by atoms with Crippen molar-refractivity contribution in [3.05, 3.63) is 61.3 Å². The summed E-state index contributed by atoms with van der Waals surface area (Å²) in [5.74, 6) is -0.191. The number of aromatic hydroxyl groups is 2. The molecule has 11 heteroatoms. The minimum Gasteiger partial charge on any atom is -0.506 e. The summed E-state index contributed by atoms with van der Waals surface area (Å²) in [5, 5.41) is 38.9. The third-order valence-electron chi connectivity index (χ3n) is 2.36. The number of nitro groups is 2. The second-order valence-corrected chi connectivity index (χ2v) is 7.37. The van der Waals surface area contributed by atoms with Crippen LogP contribution >= 0.6 is 67.8 Å². The quantitative estimate of drug-likeness (QED) is 0.280. The van der Waals surface area contributed by atoms with Crippen molar-refractivity contribution in [1.29, 1.82) is 0 Å². The van der Waals surface area contributed by atoms with E-state index in [1.54, 1.807) is 34.7 Å². The predicted octanol–water partition coefficient (Wildman–Crippen LogP) is 4.41. The van der Waals surface area contributed by atoms with Crippen LogP contribution in [0.3, 0.4) is 0 Å². The van der Waals surface area contributed by atoms with Gasteiger partial charge >= 0.3 is 5.69 Å². The van der Waals surface area contributed by atoms with E-state index < -0.39 is 9.85 Å². The summed E-state index contributed by atoms with van der Waals surface area (Å²) >= 11 is 5.50. The van der Waals surface area contributed by atoms with E-state index >= 15 is 0 Å². The second kappa shape index (κ2) is 8.76. The third-order valence-corrected chi connectivity index (χ3v) is 4.88. The van der Waals surface area contributed by atoms with Crippen LogP contribution in [0.4, 0.5) is 11.4 Å². The molecular formula is C12H7I3N2O6. The van der Waals surface area contributed by atoms with E-state index in [1.807, 2.05) is 45.2 Å². The monoisotopic (exact) mass is 656 g/mol. The highest BCUT2D eigenvalue weighted by Crippen LogP contribution is 2.30. The van der Waals surface area contributed by atoms with Gasteiger partial charge in [0.05, 0.1) is 20.6 Å². The van der Waals surface area contributed by atoms with Gasteiger partial charge < -0.3 is 10.2 Å². The maximum Gasteiger partial charge on any atom is 0.323 e. The van der Waals surface area contributed by atoms with Crippen molar-refractivity contribution in [3.63, 3.8) is 0 Å². The Hall–Kier alpha value is -0.970. The highest BCUT2D eigenvalue weighted by Gasteiger charge is 2.16. The first-order valence-corrected chi connectivity index (χ1v) is 8.83. The van der Waals surface area contributed by atoms with E-state index in [1.165, 1.54) is 18.2 Å². The van der Waals surface area contributed by atoms with Gasteiger partial charge in [0, 0.05) is 12.1 Å². The number of phenols is 2. The van der Waals surface area contributed by atoms with Crippen LogP contribution in [0, 0.1) is 30.9 Å². The number of hydrogen-bond donors (Lipinski definition) is 2. The lowest BCUT2D eigenvalue weighted by molar-refractivity contribution is -0.386. The summed E-state index contributed by atoms with van der Waals surface area (Å²) in [6.45, 7) is 0. The molecule has 0 aliphatic carbocycles. The van der Waals surface area contributed by atoms with Crippen molar-refractivity contribution in [2.45, 2.75) is 0 Å². The Balaban J connectivity index is 0.000000231. The van der Waals surface area contributed by atoms with Gasteiger partial charge in [-0.1, -0.05) is 6.07 Å². The lowest BCUT2D eigenvalue weighted by Crippen LogP contribution is -1.90. The Bertz CT molecular complexity index is 725. The van der Waals surface area contributed by atoms with E-state index in [4.69, 9.17) is 5.11 Å². The normalized spacial score (nSPS) is 9.70. The number of halogens is 3. The topological polar surface area (TPSA) is 127 Å². The number of rotatable bonds is 2. The average Bonchev–Trinajstić information content (AvgIpc) is 2.44. The molecule has 0 amide bonds. The molecule has 23 heavy (non-hydrogen) atoms. The van der Waals surface area contributed by atoms with Crippen LogP contribution in [0.15, 0.2) is 30.3 Å². The Labute approximate surface area is 170 Å². The van der Waals surface area contributed by atoms with E-state index in [0.717, 1.165) is 0 Å². The van der Waals surface area contributed by atoms with Gasteiger partial charge in [-0.2, -0.15) is 0 Å². The molecule has 0 aliphatic heterocycles. The molecule has 0 heterocycles. The van der Waals surface area contributed by atoms with Crippen LogP contribution < -0.4 is 0 Å². The minimum atomic E-state index is -0.600. The number of phenolic OH excluding ortho intramolecular Hbond substituents is 2. The van der Waals surface area contributed by atoms with Crippen LogP contribution in [-0.4, -0.2) is 20.1 Å². The molecule has 2 aromatic rings. The highest BCUT2D eigenvalue weighted by molar-refractivity contribution is 14.1. The molecule has 0 bridgehead atoms. The number of non-ortho nitro benzene ring substituents is 1. The fraction of sp³-hybridized carbons (Fsp3) is 0. The molecule has 8 nitrogen and oxygen atoms in total. The van der Waals surface area contributed by atoms with Crippen LogP contribution in [0.25, 0.3) is 0 Å². The molecule has 0 saturated carbocycles. The highest BCUT2D eigenvalue weighted by atomic mass is 127. The van der Waals surface area contributed by atoms with Crippen molar-refractivity contribution < 1.29 is 20.1 Å². The Kier molecular flexibility index (Phi) is 7.65. The standard InChI is InChI=1S/C6H3I2NO3.C6H4INO3/c7-4-1-3(9(11)12)2-5(8)6(4)10;7-4-2-1-3-5(9)6(4)8(10)11/h1-2,10H;1-3,9H. The maximum absolute atomic E-state index is 10.3. The van der Waals surface area contributed by atoms with E-state index in [9.17, 15) is 25.3 Å². The van der Waals surface area contributed by atoms with Gasteiger partial charge in [-0.15, -0.1) is 0 Å². The summed E-state index contributed by atoms with van der Waals surface area (Å²) in [6, 6.07) is 7.08. The molecule has 2 aromatic carbocycles. The van der Waals surface area contributed by atoms with Crippen molar-refractivity contribution >= 4 is 79.1 Å². The summed E-state index contributed by atoms with van der Waals surface area (Å²) < 4.78 is 1.42. The van der Waals surface area contributed by atoms with Gasteiger partial charge in [-0.05, 0) is 79.9 Å². The molecule has 122 valence electrons. The second-order valence-electron chi connectivity index (χ2n) is 3.88. The summed E-state index contributed by atoms with van der Waals surface area (Å²) in [5.41, 5.74) is -0.227. The zero-order valence-electron chi connectivity index (χ0n) is 10.9. The lowest BCUT2D eigenvalue weighted by atomic mass is 10.3. The van der Waals surface area contributed by atoms with Gasteiger partial charge in [-0.3, -0.25) is 20.2 Å². The fourth-order valence-corrected chi connectivity index (χ4v) is 3.76. The number of para-hydroxylation sites is 1. The third kappa shape index (κ3) is 5.55.